The van der Waals surface area contributed by atoms with Crippen LogP contribution in [0.1, 0.15) is 10.4 Å². The summed E-state index contributed by atoms with van der Waals surface area (Å²) < 4.78 is 16.4. The van der Waals surface area contributed by atoms with Crippen molar-refractivity contribution in [2.45, 2.75) is 0 Å². The number of benzene rings is 1. The Balaban J connectivity index is 0.00000312. The summed E-state index contributed by atoms with van der Waals surface area (Å²) in [5.74, 6) is 0.508. The molecule has 1 amide bonds. The molecule has 0 aliphatic rings. The molecular formula is C17H23IN2O5. The maximum absolute atomic E-state index is 12.3. The molecule has 0 unspecified atom stereocenters. The Bertz CT molecular complexity index is 811. The Morgan fingerprint density at radius 1 is 1.16 bits per heavy atom. The number of amides is 1. The molecule has 1 N–H and O–H groups in total. The Morgan fingerprint density at radius 2 is 1.84 bits per heavy atom. The van der Waals surface area contributed by atoms with Crippen LogP contribution in [0, 0.1) is 0 Å². The number of carbonyl (C=O) groups is 1. The number of fused-ring (bicyclic) bond motifs is 1. The highest BCUT2D eigenvalue weighted by molar-refractivity contribution is 5.98. The van der Waals surface area contributed by atoms with E-state index in [0.717, 1.165) is 6.54 Å². The van der Waals surface area contributed by atoms with Gasteiger partial charge in [-0.3, -0.25) is 4.79 Å². The third kappa shape index (κ3) is 5.33. The van der Waals surface area contributed by atoms with Gasteiger partial charge in [0.2, 0.25) is 0 Å². The molecule has 7 nitrogen and oxygen atoms in total. The molecule has 0 atom stereocenters. The van der Waals surface area contributed by atoms with Gasteiger partial charge in [-0.05, 0) is 6.07 Å². The van der Waals surface area contributed by atoms with Crippen LogP contribution in [0.3, 0.4) is 0 Å². The number of nitrogens with one attached hydrogen (secondary N) is 1. The van der Waals surface area contributed by atoms with E-state index < -0.39 is 11.5 Å². The fourth-order valence-corrected chi connectivity index (χ4v) is 2.21. The summed E-state index contributed by atoms with van der Waals surface area (Å²) in [6, 6.07) is 4.74. The molecular weight excluding hydrogens is 439 g/mol. The predicted octanol–water partition coefficient (Wildman–Crippen LogP) is -1.75. The van der Waals surface area contributed by atoms with E-state index in [2.05, 4.69) is 5.32 Å². The van der Waals surface area contributed by atoms with Crippen molar-refractivity contribution in [3.05, 3.63) is 34.2 Å². The minimum Gasteiger partial charge on any atom is -1.00 e. The number of methoxy groups -OCH3 is 2. The predicted molar refractivity (Wildman–Crippen MR) is 90.8 cm³/mol. The van der Waals surface area contributed by atoms with Crippen molar-refractivity contribution in [1.29, 1.82) is 0 Å². The molecule has 0 radical (unpaired) electrons. The Hall–Kier alpha value is -1.81. The number of halogens is 1. The van der Waals surface area contributed by atoms with E-state index in [1.807, 2.05) is 21.1 Å². The van der Waals surface area contributed by atoms with Crippen molar-refractivity contribution in [3.8, 4) is 11.5 Å². The minimum atomic E-state index is -0.694. The van der Waals surface area contributed by atoms with E-state index in [1.165, 1.54) is 20.3 Å². The maximum Gasteiger partial charge on any atom is 0.349 e. The van der Waals surface area contributed by atoms with Crippen LogP contribution in [0.5, 0.6) is 11.5 Å². The second-order valence-electron chi connectivity index (χ2n) is 6.46. The number of hydrogen-bond acceptors (Lipinski definition) is 5. The molecule has 0 saturated heterocycles. The van der Waals surface area contributed by atoms with Gasteiger partial charge in [0.05, 0.1) is 53.8 Å². The van der Waals surface area contributed by atoms with Crippen LogP contribution in [0.25, 0.3) is 11.0 Å². The topological polar surface area (TPSA) is 77.8 Å². The molecule has 8 heteroatoms. The zero-order chi connectivity index (χ0) is 17.9. The average molecular weight is 462 g/mol. The lowest BCUT2D eigenvalue weighted by atomic mass is 10.1. The third-order valence-electron chi connectivity index (χ3n) is 3.56. The highest BCUT2D eigenvalue weighted by atomic mass is 127. The van der Waals surface area contributed by atoms with Crippen molar-refractivity contribution in [3.63, 3.8) is 0 Å². The van der Waals surface area contributed by atoms with E-state index in [0.29, 0.717) is 33.5 Å². The summed E-state index contributed by atoms with van der Waals surface area (Å²) in [6.45, 7) is 1.20. The van der Waals surface area contributed by atoms with Crippen molar-refractivity contribution < 1.29 is 47.1 Å². The number of likely N-dealkylation sites (N-methyl/N-ethyl adjacent to an activating group) is 1. The molecule has 0 aliphatic heterocycles. The maximum atomic E-state index is 12.3. The van der Waals surface area contributed by atoms with E-state index in [9.17, 15) is 9.59 Å². The molecule has 2 aromatic rings. The lowest BCUT2D eigenvalue weighted by molar-refractivity contribution is -0.869. The molecule has 0 aliphatic carbocycles. The number of quaternary nitrogens is 1. The highest BCUT2D eigenvalue weighted by Gasteiger charge is 2.17. The standard InChI is InChI=1S/C17H22N2O5.HI/c1-19(2,3)7-6-18-16(20)13-10-12-14(23-5)8-11(22-4)9-15(12)24-17(13)21;/h8-10H,6-7H2,1-5H3;1H. The van der Waals surface area contributed by atoms with Gasteiger partial charge in [0.15, 0.2) is 0 Å². The summed E-state index contributed by atoms with van der Waals surface area (Å²) in [5, 5.41) is 3.28. The first kappa shape index (κ1) is 21.2. The molecule has 2 rings (SSSR count). The lowest BCUT2D eigenvalue weighted by Gasteiger charge is -2.23. The number of rotatable bonds is 6. The SMILES string of the molecule is COc1cc(OC)c2cc(C(=O)NCC[N+](C)(C)C)c(=O)oc2c1.[I-]. The van der Waals surface area contributed by atoms with Crippen molar-refractivity contribution in [1.82, 2.24) is 5.32 Å². The van der Waals surface area contributed by atoms with Gasteiger partial charge < -0.3 is 47.7 Å². The van der Waals surface area contributed by atoms with E-state index in [-0.39, 0.29) is 29.5 Å². The van der Waals surface area contributed by atoms with Crippen molar-refractivity contribution in [2.75, 3.05) is 48.5 Å². The summed E-state index contributed by atoms with van der Waals surface area (Å²) in [7, 11) is 9.08. The average Bonchev–Trinajstić information content (AvgIpc) is 2.51. The van der Waals surface area contributed by atoms with Crippen LogP contribution in [0.4, 0.5) is 0 Å². The molecule has 0 fully saturated rings. The van der Waals surface area contributed by atoms with Crippen molar-refractivity contribution in [2.24, 2.45) is 0 Å². The van der Waals surface area contributed by atoms with Gasteiger partial charge in [-0.2, -0.15) is 0 Å². The zero-order valence-electron chi connectivity index (χ0n) is 15.0. The molecule has 0 spiro atoms. The van der Waals surface area contributed by atoms with Gasteiger partial charge in [0, 0.05) is 12.1 Å². The molecule has 1 aromatic heterocycles. The smallest absolute Gasteiger partial charge is 0.349 e. The summed E-state index contributed by atoms with van der Waals surface area (Å²) in [4.78, 5) is 24.4. The molecule has 138 valence electrons. The third-order valence-corrected chi connectivity index (χ3v) is 3.56. The van der Waals surface area contributed by atoms with Gasteiger partial charge >= 0.3 is 5.63 Å². The first-order chi connectivity index (χ1) is 11.2. The second kappa shape index (κ2) is 8.52. The summed E-state index contributed by atoms with van der Waals surface area (Å²) in [5.41, 5.74) is -0.438. The largest absolute Gasteiger partial charge is 1.00 e. The normalized spacial score (nSPS) is 10.9. The van der Waals surface area contributed by atoms with Crippen LogP contribution in [-0.2, 0) is 0 Å². The molecule has 1 aromatic carbocycles. The minimum absolute atomic E-state index is 0. The van der Waals surface area contributed by atoms with Crippen LogP contribution < -0.4 is 44.4 Å². The fraction of sp³-hybridized carbons (Fsp3) is 0.412. The second-order valence-corrected chi connectivity index (χ2v) is 6.46. The van der Waals surface area contributed by atoms with E-state index in [4.69, 9.17) is 13.9 Å². The first-order valence-electron chi connectivity index (χ1n) is 7.53. The summed E-state index contributed by atoms with van der Waals surface area (Å²) >= 11 is 0. The van der Waals surface area contributed by atoms with Crippen LogP contribution in [0.15, 0.2) is 27.4 Å². The molecule has 0 bridgehead atoms. The number of nitrogens with zero attached hydrogens (tertiary/aromatic N) is 1. The Morgan fingerprint density at radius 3 is 2.40 bits per heavy atom. The number of ether oxygens (including phenoxy) is 2. The molecule has 1 heterocycles. The summed E-state index contributed by atoms with van der Waals surface area (Å²) in [6.07, 6.45) is 0. The highest BCUT2D eigenvalue weighted by Crippen LogP contribution is 2.30. The quantitative estimate of drug-likeness (QED) is 0.313. The van der Waals surface area contributed by atoms with Gasteiger partial charge in [0.25, 0.3) is 5.91 Å². The van der Waals surface area contributed by atoms with Crippen LogP contribution in [0.2, 0.25) is 0 Å². The fourth-order valence-electron chi connectivity index (χ4n) is 2.21. The Labute approximate surface area is 163 Å². The number of hydrogen-bond donors (Lipinski definition) is 1. The van der Waals surface area contributed by atoms with Gasteiger partial charge in [-0.25, -0.2) is 4.79 Å². The first-order valence-corrected chi connectivity index (χ1v) is 7.53. The molecule has 0 saturated carbocycles. The van der Waals surface area contributed by atoms with E-state index >= 15 is 0 Å². The lowest BCUT2D eigenvalue weighted by Crippen LogP contribution is -3.00. The molecule has 25 heavy (non-hydrogen) atoms. The van der Waals surface area contributed by atoms with Gasteiger partial charge in [-0.15, -0.1) is 0 Å². The number of carbonyl (C=O) groups excluding carboxylic acids is 1. The van der Waals surface area contributed by atoms with Crippen LogP contribution in [-0.4, -0.2) is 58.8 Å². The van der Waals surface area contributed by atoms with E-state index in [1.54, 1.807) is 12.1 Å². The van der Waals surface area contributed by atoms with Gasteiger partial charge in [0.1, 0.15) is 22.6 Å². The monoisotopic (exact) mass is 462 g/mol. The van der Waals surface area contributed by atoms with Crippen LogP contribution >= 0.6 is 0 Å². The Kier molecular flexibility index (Phi) is 7.24. The van der Waals surface area contributed by atoms with Crippen molar-refractivity contribution >= 4 is 16.9 Å². The van der Waals surface area contributed by atoms with Gasteiger partial charge in [-0.1, -0.05) is 0 Å². The zero-order valence-corrected chi connectivity index (χ0v) is 17.2.